The summed E-state index contributed by atoms with van der Waals surface area (Å²) in [4.78, 5) is 4.33. The highest BCUT2D eigenvalue weighted by molar-refractivity contribution is 5.92. The molecule has 1 fully saturated rings. The normalized spacial score (nSPS) is 23.6. The first-order valence-electron chi connectivity index (χ1n) is 6.88. The molecule has 1 aliphatic rings. The Morgan fingerprint density at radius 2 is 2.00 bits per heavy atom. The fourth-order valence-corrected chi connectivity index (χ4v) is 2.68. The summed E-state index contributed by atoms with van der Waals surface area (Å²) >= 11 is 0. The topological polar surface area (TPSA) is 70.6 Å². The molecule has 0 aromatic heterocycles. The molecule has 1 saturated carbocycles. The fraction of sp³-hybridized carbons (Fsp3) is 0.533. The molecule has 0 amide bonds. The number of nitrogens with one attached hydrogen (secondary N) is 1. The summed E-state index contributed by atoms with van der Waals surface area (Å²) in [5.74, 6) is 0.684. The molecule has 104 valence electrons. The van der Waals surface area contributed by atoms with E-state index in [1.54, 1.807) is 0 Å². The molecule has 0 bridgehead atoms. The van der Waals surface area contributed by atoms with E-state index in [9.17, 15) is 5.11 Å². The number of rotatable bonds is 3. The van der Waals surface area contributed by atoms with Crippen molar-refractivity contribution in [1.82, 2.24) is 0 Å². The van der Waals surface area contributed by atoms with E-state index in [0.29, 0.717) is 12.5 Å². The first-order chi connectivity index (χ1) is 9.04. The van der Waals surface area contributed by atoms with Crippen molar-refractivity contribution in [2.45, 2.75) is 39.2 Å². The molecule has 19 heavy (non-hydrogen) atoms. The molecular formula is C15H23N3O. The summed E-state index contributed by atoms with van der Waals surface area (Å²) in [5.41, 5.74) is 9.24. The minimum Gasteiger partial charge on any atom is -0.393 e. The number of hydrogen-bond acceptors (Lipinski definition) is 2. The summed E-state index contributed by atoms with van der Waals surface area (Å²) < 4.78 is 0. The van der Waals surface area contributed by atoms with Gasteiger partial charge in [0.25, 0.3) is 0 Å². The van der Waals surface area contributed by atoms with E-state index in [0.717, 1.165) is 24.9 Å². The maximum Gasteiger partial charge on any atom is 0.193 e. The van der Waals surface area contributed by atoms with Crippen LogP contribution in [0.3, 0.4) is 0 Å². The van der Waals surface area contributed by atoms with Gasteiger partial charge in [0, 0.05) is 18.2 Å². The average Bonchev–Trinajstić information content (AvgIpc) is 2.71. The molecule has 0 radical (unpaired) electrons. The predicted octanol–water partition coefficient (Wildman–Crippen LogP) is 2.19. The number of aryl methyl sites for hydroxylation is 2. The van der Waals surface area contributed by atoms with Gasteiger partial charge in [-0.3, -0.25) is 4.99 Å². The Labute approximate surface area is 114 Å². The minimum absolute atomic E-state index is 0.210. The number of nitrogens with zero attached hydrogens (tertiary/aromatic N) is 1. The van der Waals surface area contributed by atoms with Gasteiger partial charge in [-0.25, -0.2) is 0 Å². The molecule has 1 aromatic carbocycles. The second kappa shape index (κ2) is 6.06. The van der Waals surface area contributed by atoms with Gasteiger partial charge in [0.1, 0.15) is 0 Å². The molecule has 2 atom stereocenters. The Morgan fingerprint density at radius 1 is 1.32 bits per heavy atom. The zero-order chi connectivity index (χ0) is 13.8. The van der Waals surface area contributed by atoms with Gasteiger partial charge in [-0.05, 0) is 49.9 Å². The maximum absolute atomic E-state index is 9.73. The van der Waals surface area contributed by atoms with Gasteiger partial charge >= 0.3 is 0 Å². The molecular weight excluding hydrogens is 238 g/mol. The number of hydrogen-bond donors (Lipinski definition) is 3. The van der Waals surface area contributed by atoms with Crippen molar-refractivity contribution < 1.29 is 5.11 Å². The lowest BCUT2D eigenvalue weighted by Gasteiger charge is -2.12. The average molecular weight is 261 g/mol. The predicted molar refractivity (Wildman–Crippen MR) is 79.4 cm³/mol. The van der Waals surface area contributed by atoms with Crippen LogP contribution in [0.1, 0.15) is 30.4 Å². The van der Waals surface area contributed by atoms with Crippen molar-refractivity contribution in [2.24, 2.45) is 16.6 Å². The van der Waals surface area contributed by atoms with E-state index in [1.807, 2.05) is 12.1 Å². The van der Waals surface area contributed by atoms with Crippen molar-refractivity contribution in [2.75, 3.05) is 11.9 Å². The number of nitrogens with two attached hydrogens (primary N) is 1. The molecule has 2 unspecified atom stereocenters. The molecule has 1 aliphatic carbocycles. The van der Waals surface area contributed by atoms with Crippen LogP contribution in [0.2, 0.25) is 0 Å². The lowest BCUT2D eigenvalue weighted by molar-refractivity contribution is 0.137. The van der Waals surface area contributed by atoms with Crippen molar-refractivity contribution in [3.63, 3.8) is 0 Å². The van der Waals surface area contributed by atoms with E-state index >= 15 is 0 Å². The highest BCUT2D eigenvalue weighted by atomic mass is 16.3. The van der Waals surface area contributed by atoms with Crippen LogP contribution in [0.5, 0.6) is 0 Å². The van der Waals surface area contributed by atoms with Crippen LogP contribution in [0, 0.1) is 19.8 Å². The van der Waals surface area contributed by atoms with Gasteiger partial charge in [-0.2, -0.15) is 0 Å². The Morgan fingerprint density at radius 3 is 2.58 bits per heavy atom. The maximum atomic E-state index is 9.73. The first kappa shape index (κ1) is 13.9. The smallest absolute Gasteiger partial charge is 0.193 e. The Balaban J connectivity index is 1.94. The zero-order valence-corrected chi connectivity index (χ0v) is 11.7. The van der Waals surface area contributed by atoms with Gasteiger partial charge in [0.2, 0.25) is 0 Å². The molecule has 1 aromatic rings. The molecule has 0 spiro atoms. The van der Waals surface area contributed by atoms with Gasteiger partial charge in [0.05, 0.1) is 6.10 Å². The minimum atomic E-state index is -0.210. The van der Waals surface area contributed by atoms with Gasteiger partial charge in [-0.15, -0.1) is 0 Å². The van der Waals surface area contributed by atoms with E-state index in [4.69, 9.17) is 5.73 Å². The van der Waals surface area contributed by atoms with Crippen LogP contribution in [-0.4, -0.2) is 23.7 Å². The number of benzene rings is 1. The number of anilines is 1. The largest absolute Gasteiger partial charge is 0.393 e. The van der Waals surface area contributed by atoms with Crippen LogP contribution >= 0.6 is 0 Å². The third-order valence-electron chi connectivity index (χ3n) is 3.61. The first-order valence-corrected chi connectivity index (χ1v) is 6.88. The van der Waals surface area contributed by atoms with E-state index < -0.39 is 0 Å². The van der Waals surface area contributed by atoms with Crippen LogP contribution < -0.4 is 11.1 Å². The molecule has 4 nitrogen and oxygen atoms in total. The number of aliphatic hydroxyl groups excluding tert-OH is 1. The number of aliphatic imine (C=N–C) groups is 1. The van der Waals surface area contributed by atoms with Crippen molar-refractivity contribution in [3.05, 3.63) is 29.3 Å². The summed E-state index contributed by atoms with van der Waals surface area (Å²) in [5, 5.41) is 12.8. The van der Waals surface area contributed by atoms with Crippen molar-refractivity contribution >= 4 is 11.6 Å². The third kappa shape index (κ3) is 3.96. The highest BCUT2D eigenvalue weighted by Crippen LogP contribution is 2.25. The zero-order valence-electron chi connectivity index (χ0n) is 11.7. The molecule has 4 heteroatoms. The molecule has 4 N–H and O–H groups in total. The van der Waals surface area contributed by atoms with E-state index in [2.05, 4.69) is 30.2 Å². The fourth-order valence-electron chi connectivity index (χ4n) is 2.68. The Kier molecular flexibility index (Phi) is 4.43. The summed E-state index contributed by atoms with van der Waals surface area (Å²) in [6.45, 7) is 4.71. The molecule has 2 rings (SSSR count). The molecule has 0 aliphatic heterocycles. The molecule has 0 heterocycles. The number of guanidine groups is 1. The van der Waals surface area contributed by atoms with Gasteiger partial charge in [0.15, 0.2) is 5.96 Å². The lowest BCUT2D eigenvalue weighted by atomic mass is 10.1. The Bertz CT molecular complexity index is 450. The quantitative estimate of drug-likeness (QED) is 0.577. The van der Waals surface area contributed by atoms with E-state index in [1.165, 1.54) is 11.1 Å². The third-order valence-corrected chi connectivity index (χ3v) is 3.61. The van der Waals surface area contributed by atoms with E-state index in [-0.39, 0.29) is 12.0 Å². The monoisotopic (exact) mass is 261 g/mol. The summed E-state index contributed by atoms with van der Waals surface area (Å²) in [7, 11) is 0. The van der Waals surface area contributed by atoms with Crippen LogP contribution in [0.25, 0.3) is 0 Å². The van der Waals surface area contributed by atoms with Crippen molar-refractivity contribution in [1.29, 1.82) is 0 Å². The highest BCUT2D eigenvalue weighted by Gasteiger charge is 2.24. The summed E-state index contributed by atoms with van der Waals surface area (Å²) in [6, 6.07) is 6.20. The standard InChI is InChI=1S/C15H23N3O/c1-10-6-11(2)8-13(7-10)18-15(16)17-9-12-4-3-5-14(12)19/h6-8,12,14,19H,3-5,9H2,1-2H3,(H3,16,17,18). The lowest BCUT2D eigenvalue weighted by Crippen LogP contribution is -2.25. The van der Waals surface area contributed by atoms with Gasteiger partial charge in [-0.1, -0.05) is 12.5 Å². The number of aliphatic hydroxyl groups is 1. The van der Waals surface area contributed by atoms with Crippen LogP contribution in [-0.2, 0) is 0 Å². The van der Waals surface area contributed by atoms with Crippen LogP contribution in [0.15, 0.2) is 23.2 Å². The Hall–Kier alpha value is -1.55. The second-order valence-corrected chi connectivity index (χ2v) is 5.49. The van der Waals surface area contributed by atoms with Crippen molar-refractivity contribution in [3.8, 4) is 0 Å². The van der Waals surface area contributed by atoms with Crippen LogP contribution in [0.4, 0.5) is 5.69 Å². The van der Waals surface area contributed by atoms with Gasteiger partial charge < -0.3 is 16.2 Å². The summed E-state index contributed by atoms with van der Waals surface area (Å²) in [6.07, 6.45) is 2.82. The SMILES string of the molecule is Cc1cc(C)cc(NC(N)=NCC2CCCC2O)c1. The molecule has 0 saturated heterocycles. The second-order valence-electron chi connectivity index (χ2n) is 5.49.